The highest BCUT2D eigenvalue weighted by atomic mass is 32.2. The Balaban J connectivity index is 1.79. The van der Waals surface area contributed by atoms with Crippen LogP contribution in [0.3, 0.4) is 0 Å². The lowest BCUT2D eigenvalue weighted by Gasteiger charge is -2.29. The molecule has 0 spiro atoms. The Morgan fingerprint density at radius 2 is 1.78 bits per heavy atom. The van der Waals surface area contributed by atoms with Crippen LogP contribution in [0, 0.1) is 0 Å². The number of hydrogen-bond acceptors (Lipinski definition) is 3. The predicted octanol–water partition coefficient (Wildman–Crippen LogP) is 2.26. The van der Waals surface area contributed by atoms with Crippen molar-refractivity contribution >= 4 is 17.7 Å². The summed E-state index contributed by atoms with van der Waals surface area (Å²) < 4.78 is 0. The second-order valence-corrected chi connectivity index (χ2v) is 6.75. The highest BCUT2D eigenvalue weighted by Crippen LogP contribution is 2.18. The quantitative estimate of drug-likeness (QED) is 0.854. The van der Waals surface area contributed by atoms with E-state index in [1.165, 1.54) is 37.2 Å². The summed E-state index contributed by atoms with van der Waals surface area (Å²) in [5.41, 5.74) is 0. The molecule has 18 heavy (non-hydrogen) atoms. The van der Waals surface area contributed by atoms with Gasteiger partial charge in [-0.15, -0.1) is 0 Å². The fourth-order valence-corrected chi connectivity index (χ4v) is 3.92. The van der Waals surface area contributed by atoms with Crippen molar-refractivity contribution in [3.63, 3.8) is 0 Å². The molecule has 0 aromatic rings. The van der Waals surface area contributed by atoms with Gasteiger partial charge >= 0.3 is 0 Å². The lowest BCUT2D eigenvalue weighted by molar-refractivity contribution is -0.126. The Kier molecular flexibility index (Phi) is 5.83. The highest BCUT2D eigenvalue weighted by molar-refractivity contribution is 7.99. The summed E-state index contributed by atoms with van der Waals surface area (Å²) in [7, 11) is 0. The second kappa shape index (κ2) is 7.39. The Morgan fingerprint density at radius 3 is 2.39 bits per heavy atom. The normalized spacial score (nSPS) is 25.4. The minimum absolute atomic E-state index is 0.0534. The lowest BCUT2D eigenvalue weighted by atomic mass is 10.1. The molecule has 0 bridgehead atoms. The average Bonchev–Trinajstić information content (AvgIpc) is 2.68. The molecule has 1 N–H and O–H groups in total. The van der Waals surface area contributed by atoms with Crippen molar-refractivity contribution in [1.82, 2.24) is 10.2 Å². The maximum absolute atomic E-state index is 12.3. The molecule has 2 saturated heterocycles. The first-order valence-electron chi connectivity index (χ1n) is 7.39. The molecule has 0 radical (unpaired) electrons. The molecule has 104 valence electrons. The summed E-state index contributed by atoms with van der Waals surface area (Å²) in [6.07, 6.45) is 7.43. The minimum atomic E-state index is 0.0534. The van der Waals surface area contributed by atoms with Gasteiger partial charge in [-0.3, -0.25) is 9.69 Å². The Labute approximate surface area is 115 Å². The van der Waals surface area contributed by atoms with Gasteiger partial charge in [0.25, 0.3) is 0 Å². The molecule has 0 aliphatic carbocycles. The zero-order valence-electron chi connectivity index (χ0n) is 11.5. The van der Waals surface area contributed by atoms with Crippen molar-refractivity contribution < 1.29 is 4.79 Å². The largest absolute Gasteiger partial charge is 0.352 e. The summed E-state index contributed by atoms with van der Waals surface area (Å²) in [5, 5.41) is 3.24. The minimum Gasteiger partial charge on any atom is -0.352 e. The molecular weight excluding hydrogens is 244 g/mol. The van der Waals surface area contributed by atoms with E-state index in [2.05, 4.69) is 17.1 Å². The Hall–Kier alpha value is -0.220. The molecule has 2 heterocycles. The predicted molar refractivity (Wildman–Crippen MR) is 78.0 cm³/mol. The van der Waals surface area contributed by atoms with Crippen molar-refractivity contribution in [3.8, 4) is 0 Å². The van der Waals surface area contributed by atoms with Gasteiger partial charge in [-0.25, -0.2) is 0 Å². The van der Waals surface area contributed by atoms with E-state index in [-0.39, 0.29) is 11.9 Å². The van der Waals surface area contributed by atoms with Gasteiger partial charge in [-0.2, -0.15) is 11.8 Å². The first-order valence-corrected chi connectivity index (χ1v) is 8.55. The van der Waals surface area contributed by atoms with Crippen LogP contribution in [0.2, 0.25) is 0 Å². The first-order chi connectivity index (χ1) is 8.77. The third kappa shape index (κ3) is 4.16. The highest BCUT2D eigenvalue weighted by Gasteiger charge is 2.24. The third-order valence-electron chi connectivity index (χ3n) is 4.14. The Bertz CT molecular complexity index is 259. The summed E-state index contributed by atoms with van der Waals surface area (Å²) in [6, 6.07) is 0.478. The van der Waals surface area contributed by atoms with Gasteiger partial charge in [0.2, 0.25) is 5.91 Å². The maximum Gasteiger partial charge on any atom is 0.237 e. The fraction of sp³-hybridized carbons (Fsp3) is 0.929. The van der Waals surface area contributed by atoms with Gasteiger partial charge in [-0.1, -0.05) is 12.8 Å². The van der Waals surface area contributed by atoms with Gasteiger partial charge in [0.15, 0.2) is 0 Å². The SMILES string of the molecule is CC(C(=O)NC1CCSCC1)N1CCCCCC1. The standard InChI is InChI=1S/C14H26N2OS/c1-12(16-8-4-2-3-5-9-16)14(17)15-13-6-10-18-11-7-13/h12-13H,2-11H2,1H3,(H,15,17). The van der Waals surface area contributed by atoms with Crippen LogP contribution < -0.4 is 5.32 Å². The number of likely N-dealkylation sites (tertiary alicyclic amines) is 1. The van der Waals surface area contributed by atoms with Crippen LogP contribution in [0.5, 0.6) is 0 Å². The van der Waals surface area contributed by atoms with E-state index in [0.717, 1.165) is 25.9 Å². The number of thioether (sulfide) groups is 1. The van der Waals surface area contributed by atoms with E-state index in [1.54, 1.807) is 0 Å². The van der Waals surface area contributed by atoms with E-state index in [0.29, 0.717) is 6.04 Å². The van der Waals surface area contributed by atoms with Crippen molar-refractivity contribution in [1.29, 1.82) is 0 Å². The van der Waals surface area contributed by atoms with E-state index in [9.17, 15) is 4.79 Å². The molecule has 2 aliphatic heterocycles. The van der Waals surface area contributed by atoms with E-state index in [1.807, 2.05) is 11.8 Å². The van der Waals surface area contributed by atoms with E-state index < -0.39 is 0 Å². The number of carbonyl (C=O) groups excluding carboxylic acids is 1. The molecule has 2 aliphatic rings. The summed E-state index contributed by atoms with van der Waals surface area (Å²) in [5.74, 6) is 2.64. The number of nitrogens with one attached hydrogen (secondary N) is 1. The van der Waals surface area contributed by atoms with Crippen LogP contribution in [-0.4, -0.2) is 47.5 Å². The van der Waals surface area contributed by atoms with Crippen molar-refractivity contribution in [2.24, 2.45) is 0 Å². The number of nitrogens with zero attached hydrogens (tertiary/aromatic N) is 1. The van der Waals surface area contributed by atoms with Crippen LogP contribution in [0.25, 0.3) is 0 Å². The number of carbonyl (C=O) groups is 1. The lowest BCUT2D eigenvalue weighted by Crippen LogP contribution is -2.49. The van der Waals surface area contributed by atoms with E-state index in [4.69, 9.17) is 0 Å². The molecule has 1 atom stereocenters. The number of hydrogen-bond donors (Lipinski definition) is 1. The maximum atomic E-state index is 12.3. The van der Waals surface area contributed by atoms with Crippen molar-refractivity contribution in [3.05, 3.63) is 0 Å². The average molecular weight is 270 g/mol. The molecule has 2 fully saturated rings. The van der Waals surface area contributed by atoms with Crippen LogP contribution in [0.4, 0.5) is 0 Å². The van der Waals surface area contributed by atoms with Crippen LogP contribution >= 0.6 is 11.8 Å². The summed E-state index contributed by atoms with van der Waals surface area (Å²) in [6.45, 7) is 4.25. The van der Waals surface area contributed by atoms with Crippen molar-refractivity contribution in [2.45, 2.75) is 57.5 Å². The molecule has 1 unspecified atom stereocenters. The smallest absolute Gasteiger partial charge is 0.237 e. The molecule has 1 amide bonds. The molecule has 3 nitrogen and oxygen atoms in total. The molecule has 4 heteroatoms. The number of rotatable bonds is 3. The summed E-state index contributed by atoms with van der Waals surface area (Å²) in [4.78, 5) is 14.6. The van der Waals surface area contributed by atoms with Crippen molar-refractivity contribution in [2.75, 3.05) is 24.6 Å². The molecule has 0 aromatic carbocycles. The van der Waals surface area contributed by atoms with Gasteiger partial charge in [0.1, 0.15) is 0 Å². The van der Waals surface area contributed by atoms with Crippen LogP contribution in [-0.2, 0) is 4.79 Å². The molecule has 2 rings (SSSR count). The van der Waals surface area contributed by atoms with Gasteiger partial charge in [0.05, 0.1) is 6.04 Å². The van der Waals surface area contributed by atoms with Crippen LogP contribution in [0.15, 0.2) is 0 Å². The van der Waals surface area contributed by atoms with Gasteiger partial charge in [-0.05, 0) is 57.2 Å². The number of amides is 1. The van der Waals surface area contributed by atoms with Gasteiger partial charge in [0, 0.05) is 6.04 Å². The zero-order valence-corrected chi connectivity index (χ0v) is 12.3. The second-order valence-electron chi connectivity index (χ2n) is 5.52. The molecule has 0 saturated carbocycles. The molecule has 0 aromatic heterocycles. The van der Waals surface area contributed by atoms with Gasteiger partial charge < -0.3 is 5.32 Å². The Morgan fingerprint density at radius 1 is 1.17 bits per heavy atom. The zero-order chi connectivity index (χ0) is 12.8. The van der Waals surface area contributed by atoms with E-state index >= 15 is 0 Å². The fourth-order valence-electron chi connectivity index (χ4n) is 2.81. The summed E-state index contributed by atoms with van der Waals surface area (Å²) >= 11 is 2.00. The topological polar surface area (TPSA) is 32.3 Å². The van der Waals surface area contributed by atoms with Crippen LogP contribution in [0.1, 0.15) is 45.4 Å². The monoisotopic (exact) mass is 270 g/mol. The molecular formula is C14H26N2OS. The first kappa shape index (κ1) is 14.2. The third-order valence-corrected chi connectivity index (χ3v) is 5.18.